The van der Waals surface area contributed by atoms with Crippen molar-refractivity contribution < 1.29 is 35.1 Å². The third-order valence-corrected chi connectivity index (χ3v) is 4.28. The monoisotopic (exact) mass is 386 g/mol. The first-order valence-electron chi connectivity index (χ1n) is 6.81. The third kappa shape index (κ3) is 6.22. The van der Waals surface area contributed by atoms with Crippen LogP contribution in [0, 0.1) is 11.6 Å². The lowest BCUT2D eigenvalue weighted by Gasteiger charge is -2.15. The third-order valence-electron chi connectivity index (χ3n) is 3.05. The highest BCUT2D eigenvalue weighted by Gasteiger charge is 2.31. The summed E-state index contributed by atoms with van der Waals surface area (Å²) in [6.45, 7) is 0. The average Bonchev–Trinajstić information content (AvgIpc) is 2.41. The summed E-state index contributed by atoms with van der Waals surface area (Å²) < 4.78 is 102. The van der Waals surface area contributed by atoms with Gasteiger partial charge in [0.2, 0.25) is 0 Å². The summed E-state index contributed by atoms with van der Waals surface area (Å²) in [7, 11) is 0. The van der Waals surface area contributed by atoms with Gasteiger partial charge in [-0.2, -0.15) is 26.3 Å². The normalized spacial score (nSPS) is 12.5. The maximum atomic E-state index is 13.2. The molecule has 0 atom stereocenters. The first-order chi connectivity index (χ1) is 11.4. The molecule has 2 aromatic rings. The van der Waals surface area contributed by atoms with Crippen LogP contribution < -0.4 is 0 Å². The molecule has 0 saturated heterocycles. The predicted molar refractivity (Wildman–Crippen MR) is 76.4 cm³/mol. The minimum atomic E-state index is -4.61. The molecule has 2 rings (SSSR count). The SMILES string of the molecule is Fc1ccc(Sc2ccc(F)cc2CC(F)(F)F)c(CC(F)(F)F)c1. The van der Waals surface area contributed by atoms with Crippen LogP contribution in [0.15, 0.2) is 46.2 Å². The lowest BCUT2D eigenvalue weighted by molar-refractivity contribution is -0.128. The first kappa shape index (κ1) is 19.6. The minimum Gasteiger partial charge on any atom is -0.207 e. The first-order valence-corrected chi connectivity index (χ1v) is 7.63. The summed E-state index contributed by atoms with van der Waals surface area (Å²) in [6.07, 6.45) is -12.1. The second-order valence-electron chi connectivity index (χ2n) is 5.19. The number of hydrogen-bond donors (Lipinski definition) is 0. The van der Waals surface area contributed by atoms with E-state index in [1.807, 2.05) is 0 Å². The highest BCUT2D eigenvalue weighted by atomic mass is 32.2. The predicted octanol–water partition coefficient (Wildman–Crippen LogP) is 6.33. The Morgan fingerprint density at radius 3 is 1.32 bits per heavy atom. The molecule has 0 unspecified atom stereocenters. The van der Waals surface area contributed by atoms with Crippen LogP contribution >= 0.6 is 11.8 Å². The molecule has 0 fully saturated rings. The molecule has 0 radical (unpaired) electrons. The smallest absolute Gasteiger partial charge is 0.207 e. The van der Waals surface area contributed by atoms with Gasteiger partial charge in [-0.05, 0) is 47.5 Å². The zero-order chi connectivity index (χ0) is 18.8. The van der Waals surface area contributed by atoms with E-state index in [0.29, 0.717) is 23.9 Å². The van der Waals surface area contributed by atoms with Gasteiger partial charge in [0.25, 0.3) is 0 Å². The molecular formula is C16H10F8S. The van der Waals surface area contributed by atoms with Crippen molar-refractivity contribution in [1.82, 2.24) is 0 Å². The number of benzene rings is 2. The van der Waals surface area contributed by atoms with E-state index in [1.54, 1.807) is 0 Å². The van der Waals surface area contributed by atoms with Gasteiger partial charge in [0.1, 0.15) is 11.6 Å². The standard InChI is InChI=1S/C16H10F8S/c17-11-1-3-13(9(5-11)7-15(19,20)21)25-14-4-2-12(18)6-10(14)8-16(22,23)24/h1-6H,7-8H2. The van der Waals surface area contributed by atoms with Gasteiger partial charge >= 0.3 is 12.4 Å². The van der Waals surface area contributed by atoms with Crippen LogP contribution in [0.3, 0.4) is 0 Å². The molecule has 136 valence electrons. The Morgan fingerprint density at radius 2 is 1.00 bits per heavy atom. The van der Waals surface area contributed by atoms with Crippen molar-refractivity contribution in [2.24, 2.45) is 0 Å². The Bertz CT molecular complexity index is 685. The molecule has 0 aliphatic rings. The van der Waals surface area contributed by atoms with Gasteiger partial charge in [0.15, 0.2) is 0 Å². The molecule has 2 aromatic carbocycles. The Hall–Kier alpha value is -1.77. The van der Waals surface area contributed by atoms with Gasteiger partial charge < -0.3 is 0 Å². The highest BCUT2D eigenvalue weighted by molar-refractivity contribution is 7.99. The van der Waals surface area contributed by atoms with Crippen molar-refractivity contribution in [2.45, 2.75) is 35.0 Å². The van der Waals surface area contributed by atoms with Crippen LogP contribution in [-0.2, 0) is 12.8 Å². The Kier molecular flexibility index (Phi) is 5.65. The van der Waals surface area contributed by atoms with E-state index < -0.39 is 48.0 Å². The van der Waals surface area contributed by atoms with E-state index in [2.05, 4.69) is 0 Å². The van der Waals surface area contributed by atoms with Gasteiger partial charge in [0, 0.05) is 9.79 Å². The number of hydrogen-bond acceptors (Lipinski definition) is 1. The maximum absolute atomic E-state index is 13.2. The quantitative estimate of drug-likeness (QED) is 0.554. The molecule has 0 aliphatic carbocycles. The zero-order valence-electron chi connectivity index (χ0n) is 12.3. The molecule has 0 aromatic heterocycles. The molecule has 0 spiro atoms. The van der Waals surface area contributed by atoms with Gasteiger partial charge in [-0.25, -0.2) is 8.78 Å². The van der Waals surface area contributed by atoms with E-state index in [9.17, 15) is 35.1 Å². The fourth-order valence-corrected chi connectivity index (χ4v) is 3.16. The maximum Gasteiger partial charge on any atom is 0.393 e. The van der Waals surface area contributed by atoms with Gasteiger partial charge in [-0.3, -0.25) is 0 Å². The van der Waals surface area contributed by atoms with Gasteiger partial charge in [-0.1, -0.05) is 11.8 Å². The molecule has 0 amide bonds. The molecule has 25 heavy (non-hydrogen) atoms. The van der Waals surface area contributed by atoms with E-state index in [1.165, 1.54) is 0 Å². The lowest BCUT2D eigenvalue weighted by Crippen LogP contribution is -2.13. The molecule has 0 nitrogen and oxygen atoms in total. The Balaban J connectivity index is 2.40. The summed E-state index contributed by atoms with van der Waals surface area (Å²) in [5, 5.41) is 0. The Labute approximate surface area is 141 Å². The summed E-state index contributed by atoms with van der Waals surface area (Å²) in [5.41, 5.74) is -0.806. The van der Waals surface area contributed by atoms with E-state index >= 15 is 0 Å². The van der Waals surface area contributed by atoms with Gasteiger partial charge in [-0.15, -0.1) is 0 Å². The Morgan fingerprint density at radius 1 is 0.640 bits per heavy atom. The lowest BCUT2D eigenvalue weighted by atomic mass is 10.1. The molecule has 0 bridgehead atoms. The molecule has 0 aliphatic heterocycles. The topological polar surface area (TPSA) is 0 Å². The van der Waals surface area contributed by atoms with Crippen molar-refractivity contribution in [1.29, 1.82) is 0 Å². The van der Waals surface area contributed by atoms with Crippen molar-refractivity contribution in [3.63, 3.8) is 0 Å². The van der Waals surface area contributed by atoms with Crippen molar-refractivity contribution >= 4 is 11.8 Å². The minimum absolute atomic E-state index is 0.0474. The van der Waals surface area contributed by atoms with Crippen LogP contribution in [-0.4, -0.2) is 12.4 Å². The molecule has 0 heterocycles. The summed E-state index contributed by atoms with van der Waals surface area (Å²) in [6, 6.07) is 5.31. The molecule has 0 saturated carbocycles. The van der Waals surface area contributed by atoms with Crippen LogP contribution in [0.5, 0.6) is 0 Å². The fraction of sp³-hybridized carbons (Fsp3) is 0.250. The summed E-state index contributed by atoms with van der Waals surface area (Å²) in [5.74, 6) is -1.78. The van der Waals surface area contributed by atoms with Crippen LogP contribution in [0.1, 0.15) is 11.1 Å². The van der Waals surface area contributed by atoms with Crippen molar-refractivity contribution in [2.75, 3.05) is 0 Å². The zero-order valence-corrected chi connectivity index (χ0v) is 13.1. The second kappa shape index (κ2) is 7.23. The van der Waals surface area contributed by atoms with Gasteiger partial charge in [0.05, 0.1) is 12.8 Å². The molecule has 9 heteroatoms. The highest BCUT2D eigenvalue weighted by Crippen LogP contribution is 2.37. The van der Waals surface area contributed by atoms with E-state index in [0.717, 1.165) is 24.3 Å². The fourth-order valence-electron chi connectivity index (χ4n) is 2.12. The number of rotatable bonds is 4. The summed E-state index contributed by atoms with van der Waals surface area (Å²) >= 11 is 0.606. The summed E-state index contributed by atoms with van der Waals surface area (Å²) in [4.78, 5) is -0.0949. The van der Waals surface area contributed by atoms with Crippen molar-refractivity contribution in [3.05, 3.63) is 59.2 Å². The van der Waals surface area contributed by atoms with E-state index in [-0.39, 0.29) is 9.79 Å². The average molecular weight is 386 g/mol. The van der Waals surface area contributed by atoms with Crippen LogP contribution in [0.2, 0.25) is 0 Å². The largest absolute Gasteiger partial charge is 0.393 e. The van der Waals surface area contributed by atoms with Crippen LogP contribution in [0.25, 0.3) is 0 Å². The number of halogens is 8. The van der Waals surface area contributed by atoms with Crippen molar-refractivity contribution in [3.8, 4) is 0 Å². The molecular weight excluding hydrogens is 376 g/mol. The van der Waals surface area contributed by atoms with E-state index in [4.69, 9.17) is 0 Å². The van der Waals surface area contributed by atoms with Crippen LogP contribution in [0.4, 0.5) is 35.1 Å². The number of alkyl halides is 6. The second-order valence-corrected chi connectivity index (χ2v) is 6.27. The molecule has 0 N–H and O–H groups in total.